The molecule has 0 aliphatic heterocycles. The molecule has 8 heteroatoms. The number of hydrogen-bond donors (Lipinski definition) is 1. The normalized spacial score (nSPS) is 10.7. The first kappa shape index (κ1) is 17.7. The lowest BCUT2D eigenvalue weighted by Gasteiger charge is -2.06. The molecule has 1 amide bonds. The Hall–Kier alpha value is -3.16. The Balaban J connectivity index is 1.60. The van der Waals surface area contributed by atoms with Gasteiger partial charge in [0.15, 0.2) is 0 Å². The number of ether oxygens (including phenoxy) is 1. The van der Waals surface area contributed by atoms with Crippen LogP contribution in [0.15, 0.2) is 34.7 Å². The summed E-state index contributed by atoms with van der Waals surface area (Å²) in [5, 5.41) is 15.3. The Labute approximate surface area is 151 Å². The molecule has 2 heterocycles. The fraction of sp³-hybridized carbons (Fsp3) is 0.333. The summed E-state index contributed by atoms with van der Waals surface area (Å²) in [6, 6.07) is 9.10. The van der Waals surface area contributed by atoms with Crippen LogP contribution >= 0.6 is 0 Å². The van der Waals surface area contributed by atoms with Crippen molar-refractivity contribution in [3.8, 4) is 17.3 Å². The second-order valence-electron chi connectivity index (χ2n) is 5.77. The molecule has 3 rings (SSSR count). The van der Waals surface area contributed by atoms with Gasteiger partial charge in [0.1, 0.15) is 11.4 Å². The van der Waals surface area contributed by atoms with E-state index in [1.807, 2.05) is 36.7 Å². The van der Waals surface area contributed by atoms with Gasteiger partial charge in [-0.1, -0.05) is 6.07 Å². The van der Waals surface area contributed by atoms with E-state index < -0.39 is 0 Å². The lowest BCUT2D eigenvalue weighted by atomic mass is 10.2. The molecule has 26 heavy (non-hydrogen) atoms. The van der Waals surface area contributed by atoms with Crippen molar-refractivity contribution in [2.24, 2.45) is 0 Å². The molecule has 8 nitrogen and oxygen atoms in total. The highest BCUT2D eigenvalue weighted by Crippen LogP contribution is 2.20. The number of carbonyl (C=O) groups is 1. The van der Waals surface area contributed by atoms with Gasteiger partial charge in [-0.15, -0.1) is 10.2 Å². The van der Waals surface area contributed by atoms with Crippen LogP contribution in [0.25, 0.3) is 11.6 Å². The lowest BCUT2D eigenvalue weighted by molar-refractivity contribution is -0.116. The van der Waals surface area contributed by atoms with Crippen LogP contribution in [-0.4, -0.2) is 33.0 Å². The molecule has 0 aliphatic rings. The van der Waals surface area contributed by atoms with Crippen molar-refractivity contribution in [2.45, 2.75) is 33.2 Å². The fourth-order valence-electron chi connectivity index (χ4n) is 2.56. The zero-order valence-electron chi connectivity index (χ0n) is 15.0. The number of nitrogens with zero attached hydrogens (tertiary/aromatic N) is 4. The summed E-state index contributed by atoms with van der Waals surface area (Å²) >= 11 is 0. The van der Waals surface area contributed by atoms with E-state index in [0.717, 1.165) is 11.4 Å². The van der Waals surface area contributed by atoms with E-state index in [2.05, 4.69) is 20.6 Å². The summed E-state index contributed by atoms with van der Waals surface area (Å²) in [6.07, 6.45) is 0.604. The van der Waals surface area contributed by atoms with Gasteiger partial charge in [-0.05, 0) is 32.0 Å². The van der Waals surface area contributed by atoms with E-state index >= 15 is 0 Å². The fourth-order valence-corrected chi connectivity index (χ4v) is 2.56. The van der Waals surface area contributed by atoms with Crippen LogP contribution in [0.3, 0.4) is 0 Å². The van der Waals surface area contributed by atoms with Crippen molar-refractivity contribution in [1.29, 1.82) is 0 Å². The Morgan fingerprint density at radius 1 is 1.31 bits per heavy atom. The van der Waals surface area contributed by atoms with E-state index in [0.29, 0.717) is 36.2 Å². The summed E-state index contributed by atoms with van der Waals surface area (Å²) < 4.78 is 12.6. The molecule has 0 saturated heterocycles. The van der Waals surface area contributed by atoms with E-state index in [1.54, 1.807) is 19.2 Å². The van der Waals surface area contributed by atoms with Crippen molar-refractivity contribution in [2.75, 3.05) is 12.4 Å². The molecule has 0 atom stereocenters. The summed E-state index contributed by atoms with van der Waals surface area (Å²) in [5.41, 5.74) is 2.35. The maximum Gasteiger partial charge on any atom is 0.265 e. The molecular formula is C18H21N5O3. The largest absolute Gasteiger partial charge is 0.497 e. The van der Waals surface area contributed by atoms with E-state index in [4.69, 9.17) is 9.15 Å². The second kappa shape index (κ2) is 7.81. The average molecular weight is 355 g/mol. The Kier molecular flexibility index (Phi) is 5.31. The van der Waals surface area contributed by atoms with Crippen LogP contribution in [0.1, 0.15) is 24.9 Å². The Morgan fingerprint density at radius 2 is 2.15 bits per heavy atom. The quantitative estimate of drug-likeness (QED) is 0.700. The third kappa shape index (κ3) is 4.08. The molecule has 0 unspecified atom stereocenters. The highest BCUT2D eigenvalue weighted by Gasteiger charge is 2.15. The van der Waals surface area contributed by atoms with Gasteiger partial charge in [0.25, 0.3) is 5.89 Å². The molecular weight excluding hydrogens is 334 g/mol. The van der Waals surface area contributed by atoms with Crippen LogP contribution in [-0.2, 0) is 17.8 Å². The van der Waals surface area contributed by atoms with Crippen LogP contribution < -0.4 is 10.1 Å². The third-order valence-corrected chi connectivity index (χ3v) is 3.81. The molecule has 0 bridgehead atoms. The zero-order chi connectivity index (χ0) is 18.5. The van der Waals surface area contributed by atoms with Gasteiger partial charge in [-0.3, -0.25) is 9.48 Å². The average Bonchev–Trinajstić information content (AvgIpc) is 3.26. The number of carbonyl (C=O) groups excluding carboxylic acids is 1. The molecule has 2 aromatic heterocycles. The number of aromatic nitrogens is 4. The molecule has 0 spiro atoms. The second-order valence-corrected chi connectivity index (χ2v) is 5.77. The summed E-state index contributed by atoms with van der Waals surface area (Å²) in [6.45, 7) is 4.62. The van der Waals surface area contributed by atoms with Crippen molar-refractivity contribution in [3.63, 3.8) is 0 Å². The van der Waals surface area contributed by atoms with Gasteiger partial charge in [-0.25, -0.2) is 0 Å². The smallest absolute Gasteiger partial charge is 0.265 e. The maximum absolute atomic E-state index is 12.1. The number of hydrogen-bond acceptors (Lipinski definition) is 6. The van der Waals surface area contributed by atoms with Crippen LogP contribution in [0.2, 0.25) is 0 Å². The molecule has 1 aromatic carbocycles. The molecule has 0 radical (unpaired) electrons. The minimum absolute atomic E-state index is 0.132. The minimum Gasteiger partial charge on any atom is -0.497 e. The lowest BCUT2D eigenvalue weighted by Crippen LogP contribution is -2.12. The highest BCUT2D eigenvalue weighted by molar-refractivity contribution is 5.90. The first-order valence-corrected chi connectivity index (χ1v) is 8.40. The SMILES string of the molecule is CCn1nc(C)cc1-c1nnc(CCC(=O)Nc2cccc(OC)c2)o1. The van der Waals surface area contributed by atoms with Crippen LogP contribution in [0.5, 0.6) is 5.75 Å². The Morgan fingerprint density at radius 3 is 2.92 bits per heavy atom. The number of anilines is 1. The molecule has 0 aliphatic carbocycles. The predicted octanol–water partition coefficient (Wildman–Crippen LogP) is 2.84. The molecule has 3 aromatic rings. The van der Waals surface area contributed by atoms with Gasteiger partial charge in [-0.2, -0.15) is 5.10 Å². The number of amides is 1. The Bertz CT molecular complexity index is 900. The standard InChI is InChI=1S/C18H21N5O3/c1-4-23-15(10-12(2)22-23)18-21-20-17(26-18)9-8-16(24)19-13-6-5-7-14(11-13)25-3/h5-7,10-11H,4,8-9H2,1-3H3,(H,19,24). The third-order valence-electron chi connectivity index (χ3n) is 3.81. The number of benzene rings is 1. The van der Waals surface area contributed by atoms with E-state index in [9.17, 15) is 4.79 Å². The first-order valence-electron chi connectivity index (χ1n) is 8.40. The highest BCUT2D eigenvalue weighted by atomic mass is 16.5. The number of nitrogens with one attached hydrogen (secondary N) is 1. The summed E-state index contributed by atoms with van der Waals surface area (Å²) in [5.74, 6) is 1.39. The van der Waals surface area contributed by atoms with E-state index in [-0.39, 0.29) is 12.3 Å². The van der Waals surface area contributed by atoms with Crippen molar-refractivity contribution >= 4 is 11.6 Å². The van der Waals surface area contributed by atoms with Gasteiger partial charge < -0.3 is 14.5 Å². The van der Waals surface area contributed by atoms with Gasteiger partial charge in [0, 0.05) is 31.1 Å². The molecule has 0 fully saturated rings. The van der Waals surface area contributed by atoms with Crippen LogP contribution in [0.4, 0.5) is 5.69 Å². The number of methoxy groups -OCH3 is 1. The summed E-state index contributed by atoms with van der Waals surface area (Å²) in [7, 11) is 1.58. The molecule has 1 N–H and O–H groups in total. The van der Waals surface area contributed by atoms with Gasteiger partial charge in [0.2, 0.25) is 11.8 Å². The van der Waals surface area contributed by atoms with Crippen LogP contribution in [0, 0.1) is 6.92 Å². The first-order chi connectivity index (χ1) is 12.6. The van der Waals surface area contributed by atoms with Crippen molar-refractivity contribution in [3.05, 3.63) is 41.9 Å². The molecule has 0 saturated carbocycles. The monoisotopic (exact) mass is 355 g/mol. The molecule has 136 valence electrons. The minimum atomic E-state index is -0.132. The predicted molar refractivity (Wildman–Crippen MR) is 95.9 cm³/mol. The number of aryl methyl sites for hydroxylation is 3. The van der Waals surface area contributed by atoms with Gasteiger partial charge in [0.05, 0.1) is 12.8 Å². The topological polar surface area (TPSA) is 95.1 Å². The van der Waals surface area contributed by atoms with Crippen molar-refractivity contribution < 1.29 is 13.9 Å². The number of rotatable bonds is 7. The zero-order valence-corrected chi connectivity index (χ0v) is 15.0. The van der Waals surface area contributed by atoms with Crippen molar-refractivity contribution in [1.82, 2.24) is 20.0 Å². The maximum atomic E-state index is 12.1. The summed E-state index contributed by atoms with van der Waals surface area (Å²) in [4.78, 5) is 12.1. The van der Waals surface area contributed by atoms with Gasteiger partial charge >= 0.3 is 0 Å². The van der Waals surface area contributed by atoms with E-state index in [1.165, 1.54) is 0 Å².